The van der Waals surface area contributed by atoms with E-state index in [1.807, 2.05) is 19.1 Å². The average molecular weight is 337 g/mol. The number of carbonyl (C=O) groups excluding carboxylic acids is 1. The first kappa shape index (κ1) is 18.8. The van der Waals surface area contributed by atoms with E-state index in [0.717, 1.165) is 24.6 Å². The number of aliphatic hydroxyl groups excluding tert-OH is 1. The second-order valence-electron chi connectivity index (χ2n) is 7.08. The van der Waals surface area contributed by atoms with Crippen LogP contribution in [0.15, 0.2) is 16.5 Å². The Morgan fingerprint density at radius 3 is 2.50 bits per heavy atom. The van der Waals surface area contributed by atoms with Crippen molar-refractivity contribution in [1.29, 1.82) is 0 Å². The Morgan fingerprint density at radius 1 is 1.25 bits per heavy atom. The number of hydrogen-bond donors (Lipinski definition) is 3. The molecule has 0 spiro atoms. The largest absolute Gasteiger partial charge is 0.465 e. The molecule has 24 heavy (non-hydrogen) atoms. The maximum atomic E-state index is 12.0. The summed E-state index contributed by atoms with van der Waals surface area (Å²) in [6.07, 6.45) is 2.55. The van der Waals surface area contributed by atoms with E-state index in [2.05, 4.69) is 29.4 Å². The van der Waals surface area contributed by atoms with E-state index in [4.69, 9.17) is 4.42 Å². The molecule has 1 aromatic rings. The molecule has 0 aliphatic carbocycles. The summed E-state index contributed by atoms with van der Waals surface area (Å²) in [5, 5.41) is 15.5. The maximum absolute atomic E-state index is 12.0. The first-order chi connectivity index (χ1) is 11.5. The minimum absolute atomic E-state index is 0.0625. The molecule has 1 aliphatic heterocycles. The van der Waals surface area contributed by atoms with Gasteiger partial charge < -0.3 is 20.2 Å². The molecule has 1 saturated heterocycles. The highest BCUT2D eigenvalue weighted by molar-refractivity contribution is 5.73. The normalized spacial score (nSPS) is 17.9. The van der Waals surface area contributed by atoms with Crippen LogP contribution in [-0.2, 0) is 0 Å². The molecule has 2 atom stereocenters. The number of hydrogen-bond acceptors (Lipinski definition) is 4. The minimum atomic E-state index is -0.502. The smallest absolute Gasteiger partial charge is 0.314 e. The Morgan fingerprint density at radius 2 is 1.92 bits per heavy atom. The summed E-state index contributed by atoms with van der Waals surface area (Å²) >= 11 is 0. The van der Waals surface area contributed by atoms with E-state index in [0.29, 0.717) is 18.9 Å². The van der Waals surface area contributed by atoms with Crippen LogP contribution in [0.3, 0.4) is 0 Å². The number of likely N-dealkylation sites (tertiary alicyclic amines) is 1. The van der Waals surface area contributed by atoms with Gasteiger partial charge in [0.2, 0.25) is 0 Å². The zero-order valence-corrected chi connectivity index (χ0v) is 15.0. The molecule has 2 amide bonds. The van der Waals surface area contributed by atoms with Gasteiger partial charge in [0.1, 0.15) is 11.5 Å². The van der Waals surface area contributed by atoms with Crippen LogP contribution in [0.4, 0.5) is 4.79 Å². The average Bonchev–Trinajstić information content (AvgIpc) is 3.17. The maximum Gasteiger partial charge on any atom is 0.314 e. The first-order valence-electron chi connectivity index (χ1n) is 8.96. The molecule has 6 heteroatoms. The van der Waals surface area contributed by atoms with Crippen molar-refractivity contribution in [3.05, 3.63) is 23.7 Å². The van der Waals surface area contributed by atoms with Gasteiger partial charge in [-0.1, -0.05) is 13.8 Å². The molecular formula is C18H31N3O3. The Labute approximate surface area is 144 Å². The van der Waals surface area contributed by atoms with Gasteiger partial charge in [-0.05, 0) is 57.3 Å². The number of urea groups is 1. The van der Waals surface area contributed by atoms with Crippen molar-refractivity contribution in [3.8, 4) is 0 Å². The third-order valence-corrected chi connectivity index (χ3v) is 4.37. The predicted octanol–water partition coefficient (Wildman–Crippen LogP) is 2.43. The van der Waals surface area contributed by atoms with Gasteiger partial charge in [-0.25, -0.2) is 4.79 Å². The quantitative estimate of drug-likeness (QED) is 0.681. The summed E-state index contributed by atoms with van der Waals surface area (Å²) in [6, 6.07) is 3.77. The molecule has 1 fully saturated rings. The van der Waals surface area contributed by atoms with E-state index < -0.39 is 6.10 Å². The second-order valence-corrected chi connectivity index (χ2v) is 7.08. The Hall–Kier alpha value is -1.53. The van der Waals surface area contributed by atoms with Gasteiger partial charge in [-0.3, -0.25) is 4.90 Å². The lowest BCUT2D eigenvalue weighted by atomic mass is 10.1. The molecule has 0 bridgehead atoms. The number of aliphatic hydroxyl groups is 1. The van der Waals surface area contributed by atoms with Crippen LogP contribution in [0.1, 0.15) is 50.7 Å². The molecule has 1 aliphatic rings. The summed E-state index contributed by atoms with van der Waals surface area (Å²) in [7, 11) is 0. The number of nitrogens with zero attached hydrogens (tertiary/aromatic N) is 1. The standard InChI is InChI=1S/C18H31N3O3/c1-13(2)10-15(22)11-19-18(23)20-12-16(21-8-4-5-9-21)17-7-6-14(3)24-17/h6-7,13,15-16,22H,4-5,8-12H2,1-3H3,(H2,19,20,23). The molecule has 2 heterocycles. The molecule has 136 valence electrons. The molecule has 1 aromatic heterocycles. The van der Waals surface area contributed by atoms with E-state index in [-0.39, 0.29) is 18.6 Å². The lowest BCUT2D eigenvalue weighted by molar-refractivity contribution is 0.146. The Kier molecular flexibility index (Phi) is 7.12. The van der Waals surface area contributed by atoms with Gasteiger partial charge in [0.15, 0.2) is 0 Å². The van der Waals surface area contributed by atoms with Crippen LogP contribution < -0.4 is 10.6 Å². The van der Waals surface area contributed by atoms with Crippen LogP contribution >= 0.6 is 0 Å². The van der Waals surface area contributed by atoms with Crippen molar-refractivity contribution in [2.24, 2.45) is 5.92 Å². The molecule has 0 radical (unpaired) electrons. The van der Waals surface area contributed by atoms with Gasteiger partial charge in [0.05, 0.1) is 12.1 Å². The molecule has 2 rings (SSSR count). The van der Waals surface area contributed by atoms with Crippen LogP contribution in [0.5, 0.6) is 0 Å². The Bertz CT molecular complexity index is 509. The summed E-state index contributed by atoms with van der Waals surface area (Å²) in [4.78, 5) is 14.4. The zero-order valence-electron chi connectivity index (χ0n) is 15.0. The van der Waals surface area contributed by atoms with Crippen molar-refractivity contribution >= 4 is 6.03 Å². The molecular weight excluding hydrogens is 306 g/mol. The summed E-state index contributed by atoms with van der Waals surface area (Å²) in [5.74, 6) is 2.19. The third-order valence-electron chi connectivity index (χ3n) is 4.37. The second kappa shape index (κ2) is 9.08. The summed E-state index contributed by atoms with van der Waals surface area (Å²) < 4.78 is 5.78. The lowest BCUT2D eigenvalue weighted by Crippen LogP contribution is -2.43. The van der Waals surface area contributed by atoms with E-state index >= 15 is 0 Å². The lowest BCUT2D eigenvalue weighted by Gasteiger charge is -2.26. The van der Waals surface area contributed by atoms with E-state index in [9.17, 15) is 9.90 Å². The number of aryl methyl sites for hydroxylation is 1. The minimum Gasteiger partial charge on any atom is -0.465 e. The summed E-state index contributed by atoms with van der Waals surface area (Å²) in [6.45, 7) is 8.87. The SMILES string of the molecule is Cc1ccc(C(CNC(=O)NCC(O)CC(C)C)N2CCCC2)o1. The Balaban J connectivity index is 1.82. The molecule has 6 nitrogen and oxygen atoms in total. The summed E-state index contributed by atoms with van der Waals surface area (Å²) in [5.41, 5.74) is 0. The number of furan rings is 1. The van der Waals surface area contributed by atoms with E-state index in [1.165, 1.54) is 12.8 Å². The van der Waals surface area contributed by atoms with Gasteiger partial charge >= 0.3 is 6.03 Å². The van der Waals surface area contributed by atoms with Gasteiger partial charge in [-0.15, -0.1) is 0 Å². The van der Waals surface area contributed by atoms with Crippen LogP contribution in [0, 0.1) is 12.8 Å². The van der Waals surface area contributed by atoms with Crippen molar-refractivity contribution in [2.75, 3.05) is 26.2 Å². The van der Waals surface area contributed by atoms with E-state index in [1.54, 1.807) is 0 Å². The zero-order chi connectivity index (χ0) is 17.5. The molecule has 2 unspecified atom stereocenters. The van der Waals surface area contributed by atoms with Crippen molar-refractivity contribution in [3.63, 3.8) is 0 Å². The molecule has 3 N–H and O–H groups in total. The first-order valence-corrected chi connectivity index (χ1v) is 8.96. The van der Waals surface area contributed by atoms with Crippen molar-refractivity contribution < 1.29 is 14.3 Å². The number of nitrogens with one attached hydrogen (secondary N) is 2. The fourth-order valence-corrected chi connectivity index (χ4v) is 3.19. The van der Waals surface area contributed by atoms with Crippen LogP contribution in [0.25, 0.3) is 0 Å². The molecule has 0 aromatic carbocycles. The number of amides is 2. The van der Waals surface area contributed by atoms with Crippen molar-refractivity contribution in [2.45, 2.75) is 52.2 Å². The highest BCUT2D eigenvalue weighted by atomic mass is 16.3. The van der Waals surface area contributed by atoms with Crippen LogP contribution in [0.2, 0.25) is 0 Å². The monoisotopic (exact) mass is 337 g/mol. The van der Waals surface area contributed by atoms with Crippen LogP contribution in [-0.4, -0.2) is 48.3 Å². The number of carbonyl (C=O) groups is 1. The number of rotatable bonds is 8. The predicted molar refractivity (Wildman–Crippen MR) is 93.9 cm³/mol. The van der Waals surface area contributed by atoms with Crippen molar-refractivity contribution in [1.82, 2.24) is 15.5 Å². The fraction of sp³-hybridized carbons (Fsp3) is 0.722. The highest BCUT2D eigenvalue weighted by Crippen LogP contribution is 2.26. The van der Waals surface area contributed by atoms with Gasteiger partial charge in [0.25, 0.3) is 0 Å². The third kappa shape index (κ3) is 5.83. The van der Waals surface area contributed by atoms with Gasteiger partial charge in [-0.2, -0.15) is 0 Å². The molecule has 0 saturated carbocycles. The highest BCUT2D eigenvalue weighted by Gasteiger charge is 2.26. The van der Waals surface area contributed by atoms with Gasteiger partial charge in [0, 0.05) is 13.1 Å². The topological polar surface area (TPSA) is 77.7 Å². The fourth-order valence-electron chi connectivity index (χ4n) is 3.19.